The Hall–Kier alpha value is -2.82. The third kappa shape index (κ3) is 4.00. The molecular weight excluding hydrogens is 407 g/mol. The number of nitrogens with zero attached hydrogens (tertiary/aromatic N) is 1. The van der Waals surface area contributed by atoms with Crippen molar-refractivity contribution < 1.29 is 9.21 Å². The van der Waals surface area contributed by atoms with E-state index in [0.717, 1.165) is 5.56 Å². The number of benzene rings is 3. The van der Waals surface area contributed by atoms with Crippen LogP contribution in [0.25, 0.3) is 22.6 Å². The summed E-state index contributed by atoms with van der Waals surface area (Å²) >= 11 is 12.1. The predicted octanol–water partition coefficient (Wildman–Crippen LogP) is 7.18. The molecule has 0 saturated carbocycles. The molecule has 1 aromatic heterocycles. The van der Waals surface area contributed by atoms with Crippen LogP contribution in [-0.2, 0) is 0 Å². The van der Waals surface area contributed by atoms with Crippen LogP contribution in [0.15, 0.2) is 65.1 Å². The average molecular weight is 425 g/mol. The van der Waals surface area contributed by atoms with Crippen LogP contribution < -0.4 is 5.32 Å². The number of carbonyl (C=O) groups is 1. The Labute approximate surface area is 178 Å². The molecule has 29 heavy (non-hydrogen) atoms. The predicted molar refractivity (Wildman–Crippen MR) is 118 cm³/mol. The van der Waals surface area contributed by atoms with Crippen molar-refractivity contribution in [3.05, 3.63) is 81.8 Å². The molecule has 0 spiro atoms. The third-order valence-electron chi connectivity index (χ3n) is 4.67. The van der Waals surface area contributed by atoms with Crippen molar-refractivity contribution in [2.24, 2.45) is 0 Å². The molecular formula is C23H18Cl2N2O2. The highest BCUT2D eigenvalue weighted by molar-refractivity contribution is 6.44. The average Bonchev–Trinajstić information content (AvgIpc) is 3.13. The standard InChI is InChI=1S/C23H18Cl2N2O2/c1-13(2)14-6-8-15(9-7-14)23-27-19-12-16(10-11-20(19)29-23)26-22(28)17-4-3-5-18(24)21(17)25/h3-13H,1-2H3,(H,26,28). The number of aromatic nitrogens is 1. The minimum absolute atomic E-state index is 0.223. The Bertz CT molecular complexity index is 1200. The van der Waals surface area contributed by atoms with E-state index in [2.05, 4.69) is 36.3 Å². The summed E-state index contributed by atoms with van der Waals surface area (Å²) in [6.45, 7) is 4.31. The molecule has 0 radical (unpaired) electrons. The van der Waals surface area contributed by atoms with Crippen LogP contribution in [0, 0.1) is 0 Å². The number of nitrogens with one attached hydrogen (secondary N) is 1. The molecule has 1 N–H and O–H groups in total. The third-order valence-corrected chi connectivity index (χ3v) is 5.48. The number of carbonyl (C=O) groups excluding carboxylic acids is 1. The molecule has 4 nitrogen and oxygen atoms in total. The van der Waals surface area contributed by atoms with Crippen LogP contribution in [0.4, 0.5) is 5.69 Å². The van der Waals surface area contributed by atoms with Crippen LogP contribution in [0.2, 0.25) is 10.0 Å². The summed E-state index contributed by atoms with van der Waals surface area (Å²) in [4.78, 5) is 17.1. The lowest BCUT2D eigenvalue weighted by Crippen LogP contribution is -2.12. The number of fused-ring (bicyclic) bond motifs is 1. The number of oxazole rings is 1. The summed E-state index contributed by atoms with van der Waals surface area (Å²) in [7, 11) is 0. The lowest BCUT2D eigenvalue weighted by molar-refractivity contribution is 0.102. The molecule has 1 amide bonds. The van der Waals surface area contributed by atoms with Gasteiger partial charge in [-0.05, 0) is 53.9 Å². The van der Waals surface area contributed by atoms with Gasteiger partial charge in [0.15, 0.2) is 5.58 Å². The van der Waals surface area contributed by atoms with Gasteiger partial charge in [0.1, 0.15) is 5.52 Å². The van der Waals surface area contributed by atoms with Gasteiger partial charge in [0.2, 0.25) is 5.89 Å². The van der Waals surface area contributed by atoms with Crippen molar-refractivity contribution in [1.29, 1.82) is 0 Å². The van der Waals surface area contributed by atoms with Crippen molar-refractivity contribution in [2.75, 3.05) is 5.32 Å². The Balaban J connectivity index is 1.60. The maximum Gasteiger partial charge on any atom is 0.257 e. The van der Waals surface area contributed by atoms with Crippen molar-refractivity contribution in [3.63, 3.8) is 0 Å². The minimum Gasteiger partial charge on any atom is -0.436 e. The molecule has 0 unspecified atom stereocenters. The van der Waals surface area contributed by atoms with E-state index < -0.39 is 0 Å². The van der Waals surface area contributed by atoms with E-state index in [1.165, 1.54) is 5.56 Å². The van der Waals surface area contributed by atoms with Gasteiger partial charge in [-0.1, -0.05) is 55.2 Å². The Morgan fingerprint density at radius 3 is 2.52 bits per heavy atom. The van der Waals surface area contributed by atoms with Crippen LogP contribution in [0.1, 0.15) is 35.7 Å². The first-order valence-electron chi connectivity index (χ1n) is 9.18. The second-order valence-corrected chi connectivity index (χ2v) is 7.82. The van der Waals surface area contributed by atoms with Crippen LogP contribution >= 0.6 is 23.2 Å². The second kappa shape index (κ2) is 7.90. The first-order valence-corrected chi connectivity index (χ1v) is 9.94. The summed E-state index contributed by atoms with van der Waals surface area (Å²) in [5, 5.41) is 3.38. The second-order valence-electron chi connectivity index (χ2n) is 7.03. The van der Waals surface area contributed by atoms with E-state index in [1.807, 2.05) is 12.1 Å². The number of rotatable bonds is 4. The van der Waals surface area contributed by atoms with Crippen LogP contribution in [0.3, 0.4) is 0 Å². The fourth-order valence-corrected chi connectivity index (χ4v) is 3.40. The molecule has 1 heterocycles. The van der Waals surface area contributed by atoms with Gasteiger partial charge >= 0.3 is 0 Å². The Morgan fingerprint density at radius 1 is 1.03 bits per heavy atom. The molecule has 146 valence electrons. The van der Waals surface area contributed by atoms with Gasteiger partial charge in [-0.2, -0.15) is 0 Å². The zero-order valence-electron chi connectivity index (χ0n) is 15.9. The number of anilines is 1. The molecule has 0 bridgehead atoms. The highest BCUT2D eigenvalue weighted by atomic mass is 35.5. The van der Waals surface area contributed by atoms with Crippen molar-refractivity contribution in [3.8, 4) is 11.5 Å². The molecule has 6 heteroatoms. The Morgan fingerprint density at radius 2 is 1.79 bits per heavy atom. The normalized spacial score (nSPS) is 11.2. The monoisotopic (exact) mass is 424 g/mol. The fourth-order valence-electron chi connectivity index (χ4n) is 3.02. The molecule has 0 fully saturated rings. The van der Waals surface area contributed by atoms with Gasteiger partial charge in [-0.25, -0.2) is 4.98 Å². The zero-order valence-corrected chi connectivity index (χ0v) is 17.4. The maximum atomic E-state index is 12.5. The molecule has 0 saturated heterocycles. The lowest BCUT2D eigenvalue weighted by Gasteiger charge is -2.07. The molecule has 4 aromatic rings. The Kier molecular flexibility index (Phi) is 5.31. The smallest absolute Gasteiger partial charge is 0.257 e. The van der Waals surface area contributed by atoms with Crippen molar-refractivity contribution in [2.45, 2.75) is 19.8 Å². The van der Waals surface area contributed by atoms with E-state index in [9.17, 15) is 4.79 Å². The van der Waals surface area contributed by atoms with E-state index in [-0.39, 0.29) is 10.9 Å². The first kappa shape index (κ1) is 19.5. The topological polar surface area (TPSA) is 55.1 Å². The minimum atomic E-state index is -0.343. The van der Waals surface area contributed by atoms with E-state index in [1.54, 1.807) is 36.4 Å². The molecule has 3 aromatic carbocycles. The summed E-state index contributed by atoms with van der Waals surface area (Å²) in [5.41, 5.74) is 4.37. The number of halogens is 2. The number of amides is 1. The maximum absolute atomic E-state index is 12.5. The van der Waals surface area contributed by atoms with Gasteiger partial charge in [-0.15, -0.1) is 0 Å². The lowest BCUT2D eigenvalue weighted by atomic mass is 10.0. The summed E-state index contributed by atoms with van der Waals surface area (Å²) in [6, 6.07) is 18.4. The van der Waals surface area contributed by atoms with Gasteiger partial charge in [0.25, 0.3) is 5.91 Å². The SMILES string of the molecule is CC(C)c1ccc(-c2nc3cc(NC(=O)c4cccc(Cl)c4Cl)ccc3o2)cc1. The fraction of sp³-hybridized carbons (Fsp3) is 0.130. The largest absolute Gasteiger partial charge is 0.436 e. The number of hydrogen-bond donors (Lipinski definition) is 1. The quantitative estimate of drug-likeness (QED) is 0.377. The van der Waals surface area contributed by atoms with Crippen molar-refractivity contribution in [1.82, 2.24) is 4.98 Å². The molecule has 0 aliphatic heterocycles. The number of hydrogen-bond acceptors (Lipinski definition) is 3. The summed E-state index contributed by atoms with van der Waals surface area (Å²) < 4.78 is 5.87. The highest BCUT2D eigenvalue weighted by Gasteiger charge is 2.14. The molecule has 0 atom stereocenters. The van der Waals surface area contributed by atoms with Crippen LogP contribution in [0.5, 0.6) is 0 Å². The van der Waals surface area contributed by atoms with E-state index in [0.29, 0.717) is 39.2 Å². The summed E-state index contributed by atoms with van der Waals surface area (Å²) in [5.74, 6) is 0.661. The van der Waals surface area contributed by atoms with Crippen LogP contribution in [-0.4, -0.2) is 10.9 Å². The summed E-state index contributed by atoms with van der Waals surface area (Å²) in [6.07, 6.45) is 0. The molecule has 0 aliphatic carbocycles. The van der Waals surface area contributed by atoms with Gasteiger partial charge in [0.05, 0.1) is 15.6 Å². The van der Waals surface area contributed by atoms with Gasteiger partial charge in [-0.3, -0.25) is 4.79 Å². The van der Waals surface area contributed by atoms with Gasteiger partial charge < -0.3 is 9.73 Å². The van der Waals surface area contributed by atoms with Gasteiger partial charge in [0, 0.05) is 11.3 Å². The zero-order chi connectivity index (χ0) is 20.5. The van der Waals surface area contributed by atoms with Crippen molar-refractivity contribution >= 4 is 45.9 Å². The first-order chi connectivity index (χ1) is 13.9. The van der Waals surface area contributed by atoms with E-state index in [4.69, 9.17) is 27.6 Å². The molecule has 0 aliphatic rings. The highest BCUT2D eigenvalue weighted by Crippen LogP contribution is 2.29. The van der Waals surface area contributed by atoms with E-state index >= 15 is 0 Å². The molecule has 4 rings (SSSR count).